The fourth-order valence-corrected chi connectivity index (χ4v) is 3.05. The van der Waals surface area contributed by atoms with E-state index in [0.717, 1.165) is 0 Å². The maximum atomic E-state index is 13.7. The molecular weight excluding hydrogens is 359 g/mol. The van der Waals surface area contributed by atoms with Gasteiger partial charge < -0.3 is 10.2 Å². The van der Waals surface area contributed by atoms with E-state index >= 15 is 0 Å². The van der Waals surface area contributed by atoms with Gasteiger partial charge in [-0.25, -0.2) is 0 Å². The lowest BCUT2D eigenvalue weighted by Crippen LogP contribution is -2.52. The summed E-state index contributed by atoms with van der Waals surface area (Å²) in [6.45, 7) is -0.265. The zero-order valence-corrected chi connectivity index (χ0v) is 14.5. The summed E-state index contributed by atoms with van der Waals surface area (Å²) in [5.41, 5.74) is 0.925. The van der Waals surface area contributed by atoms with Crippen molar-refractivity contribution in [3.63, 3.8) is 0 Å². The number of hydrogen-bond acceptors (Lipinski definition) is 3. The lowest BCUT2D eigenvalue weighted by Gasteiger charge is -2.33. The van der Waals surface area contributed by atoms with Crippen LogP contribution in [0.5, 0.6) is 0 Å². The van der Waals surface area contributed by atoms with Crippen molar-refractivity contribution in [2.75, 3.05) is 28.7 Å². The number of halogens is 3. The van der Waals surface area contributed by atoms with E-state index in [0.29, 0.717) is 10.6 Å². The van der Waals surface area contributed by atoms with E-state index in [4.69, 9.17) is 0 Å². The molecule has 142 valence electrons. The molecule has 0 spiro atoms. The number of likely N-dealkylation sites (N-methyl/N-ethyl adjacent to an activating group) is 1. The van der Waals surface area contributed by atoms with Crippen LogP contribution in [0, 0.1) is 0 Å². The van der Waals surface area contributed by atoms with Gasteiger partial charge in [0.2, 0.25) is 11.8 Å². The first-order valence-electron chi connectivity index (χ1n) is 8.31. The van der Waals surface area contributed by atoms with Crippen molar-refractivity contribution in [2.45, 2.75) is 18.6 Å². The second kappa shape index (κ2) is 7.30. The van der Waals surface area contributed by atoms with Crippen molar-refractivity contribution < 1.29 is 22.8 Å². The first-order valence-corrected chi connectivity index (χ1v) is 8.31. The van der Waals surface area contributed by atoms with Crippen LogP contribution in [-0.4, -0.2) is 37.6 Å². The molecule has 5 nitrogen and oxygen atoms in total. The third kappa shape index (κ3) is 4.05. The van der Waals surface area contributed by atoms with Gasteiger partial charge in [-0.15, -0.1) is 0 Å². The maximum absolute atomic E-state index is 13.7. The second-order valence-corrected chi connectivity index (χ2v) is 6.28. The molecule has 1 atom stereocenters. The summed E-state index contributed by atoms with van der Waals surface area (Å²) in [6.07, 6.45) is -5.59. The number of benzene rings is 2. The summed E-state index contributed by atoms with van der Waals surface area (Å²) in [7, 11) is 1.63. The third-order valence-electron chi connectivity index (χ3n) is 4.34. The molecule has 8 heteroatoms. The van der Waals surface area contributed by atoms with E-state index in [1.54, 1.807) is 48.3 Å². The second-order valence-electron chi connectivity index (χ2n) is 6.28. The first kappa shape index (κ1) is 18.8. The number of amides is 2. The lowest BCUT2D eigenvalue weighted by atomic mass is 10.1. The molecule has 1 heterocycles. The van der Waals surface area contributed by atoms with Crippen LogP contribution in [0.25, 0.3) is 0 Å². The summed E-state index contributed by atoms with van der Waals surface area (Å²) < 4.78 is 41.0. The molecule has 3 rings (SSSR count). The Kier molecular flexibility index (Phi) is 5.07. The molecule has 1 aliphatic heterocycles. The Labute approximate surface area is 154 Å². The van der Waals surface area contributed by atoms with Crippen molar-refractivity contribution in [2.24, 2.45) is 0 Å². The summed E-state index contributed by atoms with van der Waals surface area (Å²) in [6, 6.07) is 12.7. The van der Waals surface area contributed by atoms with Gasteiger partial charge in [0, 0.05) is 12.7 Å². The number of alkyl halides is 3. The molecule has 0 aromatic heterocycles. The zero-order chi connectivity index (χ0) is 19.6. The van der Waals surface area contributed by atoms with Gasteiger partial charge in [-0.1, -0.05) is 30.3 Å². The highest BCUT2D eigenvalue weighted by Crippen LogP contribution is 2.37. The molecule has 0 saturated carbocycles. The fourth-order valence-electron chi connectivity index (χ4n) is 3.05. The van der Waals surface area contributed by atoms with Crippen LogP contribution >= 0.6 is 0 Å². The van der Waals surface area contributed by atoms with Crippen LogP contribution in [0.1, 0.15) is 6.42 Å². The average molecular weight is 377 g/mol. The van der Waals surface area contributed by atoms with Gasteiger partial charge in [0.1, 0.15) is 6.04 Å². The minimum absolute atomic E-state index is 0.0390. The standard InChI is InChI=1S/C19H18F3N3O2/c1-24(13-7-3-2-4-8-13)12-18(27)25-15-10-6-5-9-14(15)23-17(26)11-16(25)19(20,21)22/h2-10,16H,11-12H2,1H3,(H,23,26)/t16-/m1/s1. The topological polar surface area (TPSA) is 52.7 Å². The van der Waals surface area contributed by atoms with E-state index in [9.17, 15) is 22.8 Å². The number of anilines is 3. The Morgan fingerprint density at radius 3 is 2.44 bits per heavy atom. The van der Waals surface area contributed by atoms with Crippen LogP contribution in [0.2, 0.25) is 0 Å². The number of para-hydroxylation sites is 3. The number of nitrogens with one attached hydrogen (secondary N) is 1. The van der Waals surface area contributed by atoms with Gasteiger partial charge in [-0.2, -0.15) is 13.2 Å². The molecule has 2 aromatic carbocycles. The number of rotatable bonds is 3. The minimum Gasteiger partial charge on any atom is -0.365 e. The van der Waals surface area contributed by atoms with Gasteiger partial charge in [0.25, 0.3) is 0 Å². The van der Waals surface area contributed by atoms with Gasteiger partial charge in [-0.05, 0) is 24.3 Å². The minimum atomic E-state index is -4.74. The summed E-state index contributed by atoms with van der Waals surface area (Å²) in [5, 5.41) is 2.45. The number of carbonyl (C=O) groups excluding carboxylic acids is 2. The quantitative estimate of drug-likeness (QED) is 0.892. The predicted molar refractivity (Wildman–Crippen MR) is 96.7 cm³/mol. The number of fused-ring (bicyclic) bond motifs is 1. The van der Waals surface area contributed by atoms with Crippen LogP contribution < -0.4 is 15.1 Å². The van der Waals surface area contributed by atoms with Gasteiger partial charge >= 0.3 is 6.18 Å². The summed E-state index contributed by atoms with van der Waals surface area (Å²) in [5.74, 6) is -1.52. The molecule has 2 aromatic rings. The molecular formula is C19H18F3N3O2. The Morgan fingerprint density at radius 2 is 1.78 bits per heavy atom. The molecule has 1 N–H and O–H groups in total. The van der Waals surface area contributed by atoms with E-state index in [2.05, 4.69) is 5.32 Å². The van der Waals surface area contributed by atoms with Crippen molar-refractivity contribution in [3.8, 4) is 0 Å². The van der Waals surface area contributed by atoms with Crippen LogP contribution in [0.4, 0.5) is 30.2 Å². The highest BCUT2D eigenvalue weighted by atomic mass is 19.4. The Balaban J connectivity index is 1.97. The summed E-state index contributed by atoms with van der Waals surface area (Å²) in [4.78, 5) is 27.1. The lowest BCUT2D eigenvalue weighted by molar-refractivity contribution is -0.157. The molecule has 0 fully saturated rings. The number of carbonyl (C=O) groups is 2. The van der Waals surface area contributed by atoms with Gasteiger partial charge in [-0.3, -0.25) is 14.5 Å². The maximum Gasteiger partial charge on any atom is 0.409 e. The van der Waals surface area contributed by atoms with Crippen molar-refractivity contribution in [3.05, 3.63) is 54.6 Å². The molecule has 1 aliphatic rings. The monoisotopic (exact) mass is 377 g/mol. The van der Waals surface area contributed by atoms with Crippen molar-refractivity contribution >= 4 is 28.9 Å². The molecule has 0 aliphatic carbocycles. The zero-order valence-electron chi connectivity index (χ0n) is 14.5. The Bertz CT molecular complexity index is 840. The largest absolute Gasteiger partial charge is 0.409 e. The van der Waals surface area contributed by atoms with Crippen molar-refractivity contribution in [1.29, 1.82) is 0 Å². The molecule has 2 amide bonds. The molecule has 0 unspecified atom stereocenters. The van der Waals surface area contributed by atoms with E-state index in [1.807, 2.05) is 0 Å². The van der Waals surface area contributed by atoms with Gasteiger partial charge in [0.05, 0.1) is 24.3 Å². The van der Waals surface area contributed by atoms with E-state index in [-0.39, 0.29) is 17.9 Å². The van der Waals surface area contributed by atoms with Gasteiger partial charge in [0.15, 0.2) is 0 Å². The smallest absolute Gasteiger partial charge is 0.365 e. The Morgan fingerprint density at radius 1 is 1.15 bits per heavy atom. The molecule has 27 heavy (non-hydrogen) atoms. The normalized spacial score (nSPS) is 17.0. The SMILES string of the molecule is CN(CC(=O)N1c2ccccc2NC(=O)C[C@@H]1C(F)(F)F)c1ccccc1. The number of hydrogen-bond donors (Lipinski definition) is 1. The summed E-state index contributed by atoms with van der Waals surface area (Å²) >= 11 is 0. The molecule has 0 saturated heterocycles. The highest BCUT2D eigenvalue weighted by molar-refractivity contribution is 6.05. The van der Waals surface area contributed by atoms with Crippen LogP contribution in [0.3, 0.4) is 0 Å². The Hall–Kier alpha value is -3.03. The number of nitrogens with zero attached hydrogens (tertiary/aromatic N) is 2. The van der Waals surface area contributed by atoms with Crippen LogP contribution in [0.15, 0.2) is 54.6 Å². The highest BCUT2D eigenvalue weighted by Gasteiger charge is 2.49. The third-order valence-corrected chi connectivity index (χ3v) is 4.34. The first-order chi connectivity index (χ1) is 12.8. The van der Waals surface area contributed by atoms with E-state index in [1.165, 1.54) is 18.2 Å². The predicted octanol–water partition coefficient (Wildman–Crippen LogP) is 3.43. The van der Waals surface area contributed by atoms with Crippen molar-refractivity contribution in [1.82, 2.24) is 0 Å². The van der Waals surface area contributed by atoms with E-state index < -0.39 is 30.5 Å². The molecule has 0 bridgehead atoms. The fraction of sp³-hybridized carbons (Fsp3) is 0.263. The van der Waals surface area contributed by atoms with Crippen LogP contribution in [-0.2, 0) is 9.59 Å². The molecule has 0 radical (unpaired) electrons. The average Bonchev–Trinajstić information content (AvgIpc) is 2.77.